The Morgan fingerprint density at radius 1 is 1.73 bits per heavy atom. The summed E-state index contributed by atoms with van der Waals surface area (Å²) in [6.07, 6.45) is 0.133. The van der Waals surface area contributed by atoms with Crippen molar-refractivity contribution >= 4 is 16.9 Å². The number of likely N-dealkylation sites (N-methyl/N-ethyl adjacent to an activating group) is 1. The van der Waals surface area contributed by atoms with Crippen molar-refractivity contribution in [3.05, 3.63) is 0 Å². The normalized spacial score (nSPS) is 13.0. The van der Waals surface area contributed by atoms with Gasteiger partial charge in [-0.25, -0.2) is 0 Å². The summed E-state index contributed by atoms with van der Waals surface area (Å²) in [5.41, 5.74) is 0. The van der Waals surface area contributed by atoms with E-state index < -0.39 is 0 Å². The van der Waals surface area contributed by atoms with Crippen LogP contribution < -0.4 is 5.32 Å². The number of thioether (sulfide) groups is 1. The number of methoxy groups -OCH3 is 1. The molecule has 0 bridgehead atoms. The molecule has 1 N–H and O–H groups in total. The number of nitrogens with one attached hydrogen (secondary N) is 1. The fourth-order valence-corrected chi connectivity index (χ4v) is 1.32. The first-order chi connectivity index (χ1) is 5.20. The Morgan fingerprint density at radius 2 is 2.36 bits per heavy atom. The third-order valence-electron chi connectivity index (χ3n) is 1.24. The molecule has 11 heavy (non-hydrogen) atoms. The lowest BCUT2D eigenvalue weighted by Crippen LogP contribution is -2.27. The number of hydrogen-bond donors (Lipinski definition) is 1. The molecule has 0 fully saturated rings. The molecule has 3 nitrogen and oxygen atoms in total. The van der Waals surface area contributed by atoms with Crippen LogP contribution in [0, 0.1) is 0 Å². The fourth-order valence-electron chi connectivity index (χ4n) is 0.648. The Bertz CT molecular complexity index is 119. The molecule has 0 aromatic rings. The molecule has 0 amide bonds. The summed E-state index contributed by atoms with van der Waals surface area (Å²) in [5.74, 6) is 0.729. The maximum absolute atomic E-state index is 10.6. The van der Waals surface area contributed by atoms with Gasteiger partial charge in [0.25, 0.3) is 0 Å². The zero-order valence-corrected chi connectivity index (χ0v) is 8.03. The minimum atomic E-state index is 0.133. The van der Waals surface area contributed by atoms with E-state index in [4.69, 9.17) is 4.74 Å². The summed E-state index contributed by atoms with van der Waals surface area (Å²) in [6, 6.07) is 0. The molecule has 1 unspecified atom stereocenters. The summed E-state index contributed by atoms with van der Waals surface area (Å²) >= 11 is 1.30. The first-order valence-corrected chi connectivity index (χ1v) is 4.50. The molecule has 1 atom stereocenters. The zero-order chi connectivity index (χ0) is 8.69. The van der Waals surface area contributed by atoms with Crippen molar-refractivity contribution < 1.29 is 9.53 Å². The molecule has 4 heteroatoms. The van der Waals surface area contributed by atoms with Gasteiger partial charge < -0.3 is 10.1 Å². The van der Waals surface area contributed by atoms with Gasteiger partial charge in [-0.2, -0.15) is 0 Å². The quantitative estimate of drug-likeness (QED) is 0.663. The lowest BCUT2D eigenvalue weighted by Gasteiger charge is -2.12. The van der Waals surface area contributed by atoms with Crippen molar-refractivity contribution in [2.45, 2.75) is 13.0 Å². The van der Waals surface area contributed by atoms with Crippen LogP contribution in [0.1, 0.15) is 6.92 Å². The summed E-state index contributed by atoms with van der Waals surface area (Å²) in [4.78, 5) is 10.6. The van der Waals surface area contributed by atoms with Gasteiger partial charge in [0.2, 0.25) is 0 Å². The van der Waals surface area contributed by atoms with Gasteiger partial charge in [0.05, 0.1) is 6.10 Å². The SMILES string of the molecule is CNCC(CSC(C)=O)OC. The first-order valence-electron chi connectivity index (χ1n) is 3.51. The Labute approximate surface area is 71.9 Å². The van der Waals surface area contributed by atoms with Crippen molar-refractivity contribution in [3.8, 4) is 0 Å². The lowest BCUT2D eigenvalue weighted by molar-refractivity contribution is -0.109. The maximum Gasteiger partial charge on any atom is 0.185 e. The number of rotatable bonds is 5. The molecule has 0 aromatic carbocycles. The van der Waals surface area contributed by atoms with E-state index in [1.54, 1.807) is 14.0 Å². The van der Waals surface area contributed by atoms with Gasteiger partial charge in [-0.15, -0.1) is 0 Å². The van der Waals surface area contributed by atoms with Gasteiger partial charge >= 0.3 is 0 Å². The standard InChI is InChI=1S/C7H15NO2S/c1-6(9)11-5-7(10-3)4-8-2/h7-8H,4-5H2,1-3H3. The molecule has 0 rings (SSSR count). The van der Waals surface area contributed by atoms with Gasteiger partial charge in [-0.3, -0.25) is 4.79 Å². The molecule has 0 heterocycles. The van der Waals surface area contributed by atoms with Crippen molar-refractivity contribution in [1.29, 1.82) is 0 Å². The Kier molecular flexibility index (Phi) is 6.60. The van der Waals surface area contributed by atoms with Crippen molar-refractivity contribution in [1.82, 2.24) is 5.32 Å². The molecule has 0 radical (unpaired) electrons. The van der Waals surface area contributed by atoms with Gasteiger partial charge in [0.1, 0.15) is 0 Å². The minimum Gasteiger partial charge on any atom is -0.379 e. The van der Waals surface area contributed by atoms with Crippen LogP contribution in [-0.4, -0.2) is 37.7 Å². The monoisotopic (exact) mass is 177 g/mol. The van der Waals surface area contributed by atoms with E-state index in [1.807, 2.05) is 7.05 Å². The van der Waals surface area contributed by atoms with Crippen LogP contribution in [-0.2, 0) is 9.53 Å². The topological polar surface area (TPSA) is 38.3 Å². The van der Waals surface area contributed by atoms with E-state index in [0.29, 0.717) is 0 Å². The number of carbonyl (C=O) groups excluding carboxylic acids is 1. The zero-order valence-electron chi connectivity index (χ0n) is 7.22. The van der Waals surface area contributed by atoms with Gasteiger partial charge in [0.15, 0.2) is 5.12 Å². The van der Waals surface area contributed by atoms with Gasteiger partial charge in [-0.1, -0.05) is 11.8 Å². The maximum atomic E-state index is 10.6. The molecule has 0 aliphatic carbocycles. The van der Waals surface area contributed by atoms with Crippen molar-refractivity contribution in [2.24, 2.45) is 0 Å². The summed E-state index contributed by atoms with van der Waals surface area (Å²) < 4.78 is 5.11. The molecule has 0 aromatic heterocycles. The average molecular weight is 177 g/mol. The van der Waals surface area contributed by atoms with Crippen LogP contribution in [0.5, 0.6) is 0 Å². The highest BCUT2D eigenvalue weighted by molar-refractivity contribution is 8.13. The molecule has 0 saturated heterocycles. The average Bonchev–Trinajstić information content (AvgIpc) is 1.97. The van der Waals surface area contributed by atoms with Crippen molar-refractivity contribution in [3.63, 3.8) is 0 Å². The molecule has 0 saturated carbocycles. The molecular weight excluding hydrogens is 162 g/mol. The highest BCUT2D eigenvalue weighted by atomic mass is 32.2. The first kappa shape index (κ1) is 10.9. The van der Waals surface area contributed by atoms with Gasteiger partial charge in [-0.05, 0) is 7.05 Å². The fraction of sp³-hybridized carbons (Fsp3) is 0.857. The van der Waals surface area contributed by atoms with E-state index in [-0.39, 0.29) is 11.2 Å². The van der Waals surface area contributed by atoms with E-state index in [2.05, 4.69) is 5.32 Å². The molecular formula is C7H15NO2S. The third-order valence-corrected chi connectivity index (χ3v) is 2.18. The predicted molar refractivity (Wildman–Crippen MR) is 47.9 cm³/mol. The van der Waals surface area contributed by atoms with Crippen LogP contribution in [0.3, 0.4) is 0 Å². The molecule has 0 spiro atoms. The van der Waals surface area contributed by atoms with Crippen LogP contribution >= 0.6 is 11.8 Å². The summed E-state index contributed by atoms with van der Waals surface area (Å²) in [6.45, 7) is 2.35. The van der Waals surface area contributed by atoms with Crippen molar-refractivity contribution in [2.75, 3.05) is 26.5 Å². The van der Waals surface area contributed by atoms with Crippen LogP contribution in [0.25, 0.3) is 0 Å². The van der Waals surface area contributed by atoms with Gasteiger partial charge in [0, 0.05) is 26.3 Å². The molecule has 66 valence electrons. The second kappa shape index (κ2) is 6.64. The number of hydrogen-bond acceptors (Lipinski definition) is 4. The number of carbonyl (C=O) groups is 1. The van der Waals surface area contributed by atoms with E-state index >= 15 is 0 Å². The van der Waals surface area contributed by atoms with E-state index in [0.717, 1.165) is 12.3 Å². The Morgan fingerprint density at radius 3 is 2.73 bits per heavy atom. The highest BCUT2D eigenvalue weighted by Gasteiger charge is 2.06. The summed E-state index contributed by atoms with van der Waals surface area (Å²) in [7, 11) is 3.52. The predicted octanol–water partition coefficient (Wildman–Crippen LogP) is 0.500. The minimum absolute atomic E-state index is 0.133. The van der Waals surface area contributed by atoms with Crippen LogP contribution in [0.4, 0.5) is 0 Å². The van der Waals surface area contributed by atoms with Crippen LogP contribution in [0.2, 0.25) is 0 Å². The lowest BCUT2D eigenvalue weighted by atomic mass is 10.4. The molecule has 0 aliphatic rings. The largest absolute Gasteiger partial charge is 0.379 e. The smallest absolute Gasteiger partial charge is 0.185 e. The van der Waals surface area contributed by atoms with E-state index in [9.17, 15) is 4.79 Å². The highest BCUT2D eigenvalue weighted by Crippen LogP contribution is 2.05. The third kappa shape index (κ3) is 6.34. The van der Waals surface area contributed by atoms with E-state index in [1.165, 1.54) is 11.8 Å². The second-order valence-corrected chi connectivity index (χ2v) is 3.41. The second-order valence-electron chi connectivity index (χ2n) is 2.22. The Hall–Kier alpha value is -0.0600. The molecule has 0 aliphatic heterocycles. The Balaban J connectivity index is 3.43. The number of ether oxygens (including phenoxy) is 1. The van der Waals surface area contributed by atoms with Crippen LogP contribution in [0.15, 0.2) is 0 Å². The summed E-state index contributed by atoms with van der Waals surface area (Å²) in [5, 5.41) is 3.13.